The van der Waals surface area contributed by atoms with Gasteiger partial charge < -0.3 is 4.74 Å². The third-order valence-electron chi connectivity index (χ3n) is 4.46. The standard InChI is InChI=1S/C21H34O5S/c1-13(2)18-11-19(14(3)4)21(20(12-18)15(5)6)27(23,24)25-10-9-16(7)26-17(8)22/h11-16H,9-10H2,1-8H3. The molecule has 154 valence electrons. The summed E-state index contributed by atoms with van der Waals surface area (Å²) in [6.45, 7) is 15.2. The van der Waals surface area contributed by atoms with Gasteiger partial charge in [-0.2, -0.15) is 8.42 Å². The second kappa shape index (κ2) is 9.69. The SMILES string of the molecule is CC(=O)OC(C)CCOS(=O)(=O)c1c(C(C)C)cc(C(C)C)cc1C(C)C. The van der Waals surface area contributed by atoms with Crippen molar-refractivity contribution < 1.29 is 22.1 Å². The molecule has 1 atom stereocenters. The lowest BCUT2D eigenvalue weighted by Gasteiger charge is -2.22. The second-order valence-electron chi connectivity index (χ2n) is 7.98. The molecule has 1 rings (SSSR count). The van der Waals surface area contributed by atoms with Gasteiger partial charge in [0.15, 0.2) is 0 Å². The molecular formula is C21H34O5S. The normalized spacial score (nSPS) is 13.4. The molecule has 0 bridgehead atoms. The first-order valence-corrected chi connectivity index (χ1v) is 11.0. The number of rotatable bonds is 9. The topological polar surface area (TPSA) is 69.7 Å². The molecule has 27 heavy (non-hydrogen) atoms. The maximum absolute atomic E-state index is 13.0. The maximum atomic E-state index is 13.0. The van der Waals surface area contributed by atoms with Gasteiger partial charge in [-0.05, 0) is 41.4 Å². The number of carbonyl (C=O) groups is 1. The zero-order valence-corrected chi connectivity index (χ0v) is 18.6. The molecule has 0 radical (unpaired) electrons. The van der Waals surface area contributed by atoms with Crippen LogP contribution < -0.4 is 0 Å². The summed E-state index contributed by atoms with van der Waals surface area (Å²) in [6, 6.07) is 3.97. The predicted octanol–water partition coefficient (Wildman–Crippen LogP) is 5.10. The summed E-state index contributed by atoms with van der Waals surface area (Å²) in [7, 11) is -3.92. The molecule has 0 saturated heterocycles. The summed E-state index contributed by atoms with van der Waals surface area (Å²) in [5.74, 6) is 0.0187. The van der Waals surface area contributed by atoms with Crippen molar-refractivity contribution in [3.05, 3.63) is 28.8 Å². The Morgan fingerprint density at radius 3 is 1.78 bits per heavy atom. The Morgan fingerprint density at radius 2 is 1.41 bits per heavy atom. The largest absolute Gasteiger partial charge is 0.463 e. The van der Waals surface area contributed by atoms with Crippen LogP contribution in [0.5, 0.6) is 0 Å². The van der Waals surface area contributed by atoms with Crippen LogP contribution in [0.1, 0.15) is 96.3 Å². The molecule has 1 aromatic carbocycles. The molecule has 0 amide bonds. The van der Waals surface area contributed by atoms with E-state index in [2.05, 4.69) is 13.8 Å². The first-order chi connectivity index (χ1) is 12.4. The molecule has 0 aliphatic heterocycles. The molecular weight excluding hydrogens is 364 g/mol. The molecule has 1 aromatic rings. The lowest BCUT2D eigenvalue weighted by molar-refractivity contribution is -0.145. The van der Waals surface area contributed by atoms with E-state index in [0.717, 1.165) is 16.7 Å². The molecule has 6 heteroatoms. The van der Waals surface area contributed by atoms with E-state index in [0.29, 0.717) is 12.3 Å². The fourth-order valence-corrected chi connectivity index (χ4v) is 4.50. The highest BCUT2D eigenvalue weighted by Gasteiger charge is 2.28. The van der Waals surface area contributed by atoms with E-state index in [1.54, 1.807) is 6.92 Å². The van der Waals surface area contributed by atoms with E-state index in [1.807, 2.05) is 39.8 Å². The van der Waals surface area contributed by atoms with Gasteiger partial charge in [0.25, 0.3) is 10.1 Å². The Bertz CT molecular complexity index is 719. The summed E-state index contributed by atoms with van der Waals surface area (Å²) < 4.78 is 36.4. The molecule has 0 spiro atoms. The number of hydrogen-bond donors (Lipinski definition) is 0. The average Bonchev–Trinajstić information content (AvgIpc) is 2.52. The van der Waals surface area contributed by atoms with Crippen molar-refractivity contribution in [2.24, 2.45) is 0 Å². The molecule has 0 N–H and O–H groups in total. The molecule has 1 unspecified atom stereocenters. The number of benzene rings is 1. The van der Waals surface area contributed by atoms with Gasteiger partial charge in [0.05, 0.1) is 6.61 Å². The Balaban J connectivity index is 3.26. The lowest BCUT2D eigenvalue weighted by atomic mass is 9.89. The van der Waals surface area contributed by atoms with Gasteiger partial charge in [0.2, 0.25) is 0 Å². The number of hydrogen-bond acceptors (Lipinski definition) is 5. The van der Waals surface area contributed by atoms with Crippen molar-refractivity contribution in [3.8, 4) is 0 Å². The van der Waals surface area contributed by atoms with Gasteiger partial charge in [-0.1, -0.05) is 53.7 Å². The molecule has 0 aliphatic carbocycles. The number of carbonyl (C=O) groups excluding carboxylic acids is 1. The Morgan fingerprint density at radius 1 is 0.926 bits per heavy atom. The lowest BCUT2D eigenvalue weighted by Crippen LogP contribution is -2.19. The van der Waals surface area contributed by atoms with Crippen molar-refractivity contribution in [1.82, 2.24) is 0 Å². The van der Waals surface area contributed by atoms with E-state index in [-0.39, 0.29) is 29.3 Å². The summed E-state index contributed by atoms with van der Waals surface area (Å²) in [5, 5.41) is 0. The van der Waals surface area contributed by atoms with Crippen molar-refractivity contribution in [1.29, 1.82) is 0 Å². The number of ether oxygens (including phenoxy) is 1. The van der Waals surface area contributed by atoms with Gasteiger partial charge in [-0.15, -0.1) is 0 Å². The van der Waals surface area contributed by atoms with Crippen molar-refractivity contribution in [3.63, 3.8) is 0 Å². The second-order valence-corrected chi connectivity index (χ2v) is 9.53. The zero-order valence-electron chi connectivity index (χ0n) is 17.8. The smallest absolute Gasteiger partial charge is 0.302 e. The van der Waals surface area contributed by atoms with Crippen LogP contribution in [0.2, 0.25) is 0 Å². The molecule has 0 saturated carbocycles. The van der Waals surface area contributed by atoms with Crippen LogP contribution in [0.15, 0.2) is 17.0 Å². The van der Waals surface area contributed by atoms with Crippen molar-refractivity contribution in [2.75, 3.05) is 6.61 Å². The zero-order chi connectivity index (χ0) is 20.9. The fraction of sp³-hybridized carbons (Fsp3) is 0.667. The van der Waals surface area contributed by atoms with Crippen LogP contribution in [0.4, 0.5) is 0 Å². The van der Waals surface area contributed by atoms with Crippen molar-refractivity contribution in [2.45, 2.75) is 90.6 Å². The average molecular weight is 399 g/mol. The van der Waals surface area contributed by atoms with E-state index in [1.165, 1.54) is 6.92 Å². The summed E-state index contributed by atoms with van der Waals surface area (Å²) in [4.78, 5) is 11.3. The van der Waals surface area contributed by atoms with Crippen LogP contribution in [0.25, 0.3) is 0 Å². The minimum absolute atomic E-state index is 0.0300. The van der Waals surface area contributed by atoms with Crippen LogP contribution in [-0.2, 0) is 23.8 Å². The Hall–Kier alpha value is -1.40. The van der Waals surface area contributed by atoms with E-state index in [4.69, 9.17) is 8.92 Å². The quantitative estimate of drug-likeness (QED) is 0.427. The highest BCUT2D eigenvalue weighted by molar-refractivity contribution is 7.86. The van der Waals surface area contributed by atoms with Gasteiger partial charge in [-0.25, -0.2) is 0 Å². The molecule has 0 heterocycles. The monoisotopic (exact) mass is 398 g/mol. The van der Waals surface area contributed by atoms with Crippen LogP contribution in [-0.4, -0.2) is 27.1 Å². The first kappa shape index (κ1) is 23.6. The van der Waals surface area contributed by atoms with Crippen molar-refractivity contribution >= 4 is 16.1 Å². The third-order valence-corrected chi connectivity index (χ3v) is 5.91. The van der Waals surface area contributed by atoms with Crippen LogP contribution in [0.3, 0.4) is 0 Å². The highest BCUT2D eigenvalue weighted by atomic mass is 32.2. The van der Waals surface area contributed by atoms with Crippen LogP contribution >= 0.6 is 0 Å². The van der Waals surface area contributed by atoms with Gasteiger partial charge in [0, 0.05) is 13.3 Å². The summed E-state index contributed by atoms with van der Waals surface area (Å²) in [6.07, 6.45) is -0.0770. The van der Waals surface area contributed by atoms with E-state index < -0.39 is 16.2 Å². The molecule has 5 nitrogen and oxygen atoms in total. The molecule has 0 fully saturated rings. The highest BCUT2D eigenvalue weighted by Crippen LogP contribution is 2.36. The first-order valence-electron chi connectivity index (χ1n) is 9.61. The fourth-order valence-electron chi connectivity index (χ4n) is 2.90. The molecule has 0 aliphatic rings. The van der Waals surface area contributed by atoms with E-state index in [9.17, 15) is 13.2 Å². The minimum atomic E-state index is -3.92. The minimum Gasteiger partial charge on any atom is -0.463 e. The van der Waals surface area contributed by atoms with E-state index >= 15 is 0 Å². The summed E-state index contributed by atoms with van der Waals surface area (Å²) in [5.41, 5.74) is 2.71. The third kappa shape index (κ3) is 6.61. The Kier molecular flexibility index (Phi) is 8.48. The summed E-state index contributed by atoms with van der Waals surface area (Å²) >= 11 is 0. The van der Waals surface area contributed by atoms with Crippen LogP contribution in [0, 0.1) is 0 Å². The van der Waals surface area contributed by atoms with Gasteiger partial charge >= 0.3 is 5.97 Å². The van der Waals surface area contributed by atoms with Gasteiger partial charge in [-0.3, -0.25) is 8.98 Å². The predicted molar refractivity (Wildman–Crippen MR) is 108 cm³/mol. The Labute approximate surface area is 164 Å². The molecule has 0 aromatic heterocycles. The van der Waals surface area contributed by atoms with Gasteiger partial charge in [0.1, 0.15) is 11.0 Å². The maximum Gasteiger partial charge on any atom is 0.302 e. The number of esters is 1.